The van der Waals surface area contributed by atoms with Gasteiger partial charge in [0.2, 0.25) is 0 Å². The van der Waals surface area contributed by atoms with Crippen LogP contribution in [0, 0.1) is 0 Å². The highest BCUT2D eigenvalue weighted by molar-refractivity contribution is 6.34. The normalized spacial score (nSPS) is 18.3. The molecule has 0 unspecified atom stereocenters. The average Bonchev–Trinajstić information content (AvgIpc) is 3.24. The van der Waals surface area contributed by atoms with Crippen LogP contribution in [0.15, 0.2) is 42.5 Å². The molecule has 1 aliphatic heterocycles. The van der Waals surface area contributed by atoms with Crippen molar-refractivity contribution < 1.29 is 14.3 Å². The topological polar surface area (TPSA) is 47.6 Å². The molecule has 2 aromatic carbocycles. The molecule has 0 atom stereocenters. The number of anilines is 1. The van der Waals surface area contributed by atoms with Crippen LogP contribution in [0.25, 0.3) is 11.6 Å². The summed E-state index contributed by atoms with van der Waals surface area (Å²) in [6.45, 7) is 0. The Hall–Kier alpha value is -2.75. The van der Waals surface area contributed by atoms with E-state index in [0.29, 0.717) is 5.57 Å². The first-order valence-corrected chi connectivity index (χ1v) is 8.72. The highest BCUT2D eigenvalue weighted by Gasteiger charge is 2.24. The van der Waals surface area contributed by atoms with E-state index in [1.807, 2.05) is 48.5 Å². The lowest BCUT2D eigenvalue weighted by atomic mass is 10.0. The fourth-order valence-electron chi connectivity index (χ4n) is 3.51. The minimum absolute atomic E-state index is 0.0738. The summed E-state index contributed by atoms with van der Waals surface area (Å²) < 4.78 is 11.6. The van der Waals surface area contributed by atoms with Gasteiger partial charge in [0.1, 0.15) is 0 Å². The van der Waals surface area contributed by atoms with Gasteiger partial charge in [-0.15, -0.1) is 0 Å². The van der Waals surface area contributed by atoms with Crippen LogP contribution in [-0.2, 0) is 4.79 Å². The number of rotatable bonds is 4. The number of amides is 1. The van der Waals surface area contributed by atoms with Crippen LogP contribution in [0.5, 0.6) is 11.5 Å². The van der Waals surface area contributed by atoms with E-state index in [4.69, 9.17) is 9.47 Å². The smallest absolute Gasteiger partial charge is 0.256 e. The van der Waals surface area contributed by atoms with E-state index in [2.05, 4.69) is 5.32 Å². The van der Waals surface area contributed by atoms with Crippen LogP contribution in [0.3, 0.4) is 0 Å². The molecule has 2 aliphatic rings. The Kier molecular flexibility index (Phi) is 4.18. The molecule has 0 radical (unpaired) electrons. The van der Waals surface area contributed by atoms with Gasteiger partial charge in [0.05, 0.1) is 13.2 Å². The number of nitrogens with one attached hydrogen (secondary N) is 1. The lowest BCUT2D eigenvalue weighted by Gasteiger charge is -2.16. The van der Waals surface area contributed by atoms with E-state index in [9.17, 15) is 4.79 Å². The summed E-state index contributed by atoms with van der Waals surface area (Å²) in [6.07, 6.45) is 6.77. The Bertz CT molecular complexity index is 835. The highest BCUT2D eigenvalue weighted by Crippen LogP contribution is 2.36. The quantitative estimate of drug-likeness (QED) is 0.836. The summed E-state index contributed by atoms with van der Waals surface area (Å²) in [5.41, 5.74) is 3.39. The largest absolute Gasteiger partial charge is 0.493 e. The zero-order valence-corrected chi connectivity index (χ0v) is 14.2. The monoisotopic (exact) mass is 335 g/mol. The van der Waals surface area contributed by atoms with Crippen molar-refractivity contribution in [2.75, 3.05) is 12.4 Å². The van der Waals surface area contributed by atoms with Gasteiger partial charge in [0.15, 0.2) is 11.5 Å². The van der Waals surface area contributed by atoms with Crippen molar-refractivity contribution in [3.8, 4) is 11.5 Å². The third-order valence-corrected chi connectivity index (χ3v) is 4.80. The van der Waals surface area contributed by atoms with Gasteiger partial charge < -0.3 is 14.8 Å². The number of carbonyl (C=O) groups is 1. The number of hydrogen-bond donors (Lipinski definition) is 1. The Morgan fingerprint density at radius 2 is 1.88 bits per heavy atom. The molecular weight excluding hydrogens is 314 g/mol. The van der Waals surface area contributed by atoms with E-state index in [-0.39, 0.29) is 12.0 Å². The van der Waals surface area contributed by atoms with E-state index in [1.54, 1.807) is 7.11 Å². The molecule has 1 fully saturated rings. The van der Waals surface area contributed by atoms with Gasteiger partial charge in [-0.2, -0.15) is 0 Å². The van der Waals surface area contributed by atoms with Gasteiger partial charge in [0, 0.05) is 16.8 Å². The summed E-state index contributed by atoms with van der Waals surface area (Å²) >= 11 is 0. The van der Waals surface area contributed by atoms with E-state index < -0.39 is 0 Å². The number of para-hydroxylation sites is 1. The van der Waals surface area contributed by atoms with Gasteiger partial charge >= 0.3 is 0 Å². The molecule has 25 heavy (non-hydrogen) atoms. The first kappa shape index (κ1) is 15.8. The van der Waals surface area contributed by atoms with Crippen molar-refractivity contribution in [3.05, 3.63) is 53.6 Å². The van der Waals surface area contributed by atoms with Gasteiger partial charge in [-0.05, 0) is 55.5 Å². The SMILES string of the molecule is COc1ccc(/C=C2\C(=O)Nc3ccccc32)cc1OC1CCCC1. The van der Waals surface area contributed by atoms with Crippen molar-refractivity contribution in [3.63, 3.8) is 0 Å². The number of benzene rings is 2. The van der Waals surface area contributed by atoms with E-state index in [1.165, 1.54) is 12.8 Å². The molecule has 128 valence electrons. The van der Waals surface area contributed by atoms with Crippen molar-refractivity contribution >= 4 is 23.2 Å². The zero-order chi connectivity index (χ0) is 17.2. The first-order valence-electron chi connectivity index (χ1n) is 8.72. The fraction of sp³-hybridized carbons (Fsp3) is 0.286. The second kappa shape index (κ2) is 6.63. The first-order chi connectivity index (χ1) is 12.2. The standard InChI is InChI=1S/C21H21NO3/c1-24-19-11-10-14(13-20(19)25-15-6-2-3-7-15)12-17-16-8-4-5-9-18(16)22-21(17)23/h4-5,8-13,15H,2-3,6-7H2,1H3,(H,22,23)/b17-12-. The summed E-state index contributed by atoms with van der Waals surface area (Å²) in [6, 6.07) is 13.5. The third kappa shape index (κ3) is 3.12. The molecule has 2 aromatic rings. The summed E-state index contributed by atoms with van der Waals surface area (Å²) in [4.78, 5) is 12.3. The van der Waals surface area contributed by atoms with Crippen molar-refractivity contribution in [1.82, 2.24) is 0 Å². The molecule has 1 heterocycles. The third-order valence-electron chi connectivity index (χ3n) is 4.80. The van der Waals surface area contributed by atoms with Crippen LogP contribution >= 0.6 is 0 Å². The summed E-state index contributed by atoms with van der Waals surface area (Å²) in [5.74, 6) is 1.40. The summed E-state index contributed by atoms with van der Waals surface area (Å²) in [5, 5.41) is 2.90. The molecule has 4 heteroatoms. The Morgan fingerprint density at radius 3 is 2.68 bits per heavy atom. The number of ether oxygens (including phenoxy) is 2. The second-order valence-corrected chi connectivity index (χ2v) is 6.49. The Morgan fingerprint density at radius 1 is 1.08 bits per heavy atom. The number of carbonyl (C=O) groups excluding carboxylic acids is 1. The lowest BCUT2D eigenvalue weighted by Crippen LogP contribution is -2.11. The lowest BCUT2D eigenvalue weighted by molar-refractivity contribution is -0.110. The van der Waals surface area contributed by atoms with Gasteiger partial charge in [-0.3, -0.25) is 4.79 Å². The number of hydrogen-bond acceptors (Lipinski definition) is 3. The summed E-state index contributed by atoms with van der Waals surface area (Å²) in [7, 11) is 1.65. The molecular formula is C21H21NO3. The van der Waals surface area contributed by atoms with Crippen LogP contribution in [-0.4, -0.2) is 19.1 Å². The Labute approximate surface area is 147 Å². The molecule has 0 saturated heterocycles. The predicted octanol–water partition coefficient (Wildman–Crippen LogP) is 4.51. The maximum Gasteiger partial charge on any atom is 0.256 e. The van der Waals surface area contributed by atoms with E-state index in [0.717, 1.165) is 41.2 Å². The molecule has 1 amide bonds. The highest BCUT2D eigenvalue weighted by atomic mass is 16.5. The maximum absolute atomic E-state index is 12.3. The van der Waals surface area contributed by atoms with Crippen molar-refractivity contribution in [1.29, 1.82) is 0 Å². The van der Waals surface area contributed by atoms with Gasteiger partial charge in [-0.25, -0.2) is 0 Å². The fourth-order valence-corrected chi connectivity index (χ4v) is 3.51. The van der Waals surface area contributed by atoms with E-state index >= 15 is 0 Å². The minimum Gasteiger partial charge on any atom is -0.493 e. The van der Waals surface area contributed by atoms with Gasteiger partial charge in [-0.1, -0.05) is 24.3 Å². The van der Waals surface area contributed by atoms with Crippen LogP contribution in [0.4, 0.5) is 5.69 Å². The minimum atomic E-state index is -0.0738. The molecule has 0 spiro atoms. The molecule has 0 aromatic heterocycles. The maximum atomic E-state index is 12.3. The number of methoxy groups -OCH3 is 1. The predicted molar refractivity (Wildman–Crippen MR) is 98.8 cm³/mol. The zero-order valence-electron chi connectivity index (χ0n) is 14.2. The van der Waals surface area contributed by atoms with Crippen molar-refractivity contribution in [2.24, 2.45) is 0 Å². The second-order valence-electron chi connectivity index (χ2n) is 6.49. The Balaban J connectivity index is 1.67. The molecule has 1 N–H and O–H groups in total. The van der Waals surface area contributed by atoms with Crippen LogP contribution in [0.1, 0.15) is 36.8 Å². The van der Waals surface area contributed by atoms with Crippen molar-refractivity contribution in [2.45, 2.75) is 31.8 Å². The molecule has 4 rings (SSSR count). The molecule has 0 bridgehead atoms. The average molecular weight is 335 g/mol. The molecule has 4 nitrogen and oxygen atoms in total. The number of fused-ring (bicyclic) bond motifs is 1. The van der Waals surface area contributed by atoms with Crippen LogP contribution in [0.2, 0.25) is 0 Å². The van der Waals surface area contributed by atoms with Crippen LogP contribution < -0.4 is 14.8 Å². The molecule has 1 saturated carbocycles. The molecule has 1 aliphatic carbocycles. The van der Waals surface area contributed by atoms with Gasteiger partial charge in [0.25, 0.3) is 5.91 Å².